The number of aryl methyl sites for hydroxylation is 1. The van der Waals surface area contributed by atoms with Crippen LogP contribution in [-0.4, -0.2) is 34.9 Å². The topological polar surface area (TPSA) is 95.0 Å². The molecular weight excluding hydrogens is 472 g/mol. The zero-order valence-corrected chi connectivity index (χ0v) is 21.6. The Labute approximate surface area is 209 Å². The summed E-state index contributed by atoms with van der Waals surface area (Å²) in [6, 6.07) is 8.30. The van der Waals surface area contributed by atoms with Crippen molar-refractivity contribution in [3.8, 4) is 10.6 Å². The molecule has 182 valence electrons. The van der Waals surface area contributed by atoms with Crippen LogP contribution in [0.5, 0.6) is 0 Å². The number of rotatable bonds is 9. The average molecular weight is 504 g/mol. The number of hydrogen-bond acceptors (Lipinski definition) is 6. The van der Waals surface area contributed by atoms with Gasteiger partial charge in [0.2, 0.25) is 0 Å². The van der Waals surface area contributed by atoms with Crippen molar-refractivity contribution in [2.75, 3.05) is 18.4 Å². The molecule has 10 heteroatoms. The Balaban J connectivity index is 1.31. The number of carbonyl (C=O) groups excluding carboxylic acids is 1. The van der Waals surface area contributed by atoms with Gasteiger partial charge in [-0.15, -0.1) is 11.3 Å². The maximum atomic E-state index is 11.7. The second-order valence-electron chi connectivity index (χ2n) is 9.48. The number of aromatic nitrogens is 3. The van der Waals surface area contributed by atoms with Gasteiger partial charge in [-0.2, -0.15) is 4.68 Å². The molecule has 3 aromatic rings. The smallest absolute Gasteiger partial charge is 0.407 e. The Bertz CT molecular complexity index is 1150. The number of pyridine rings is 1. The molecule has 3 heterocycles. The molecule has 34 heavy (non-hydrogen) atoms. The minimum absolute atomic E-state index is 0.400. The number of amides is 1. The van der Waals surface area contributed by atoms with Crippen LogP contribution in [-0.2, 0) is 18.3 Å². The van der Waals surface area contributed by atoms with E-state index in [2.05, 4.69) is 44.2 Å². The van der Waals surface area contributed by atoms with Gasteiger partial charge < -0.3 is 15.4 Å². The molecule has 0 aliphatic heterocycles. The first-order valence-electron chi connectivity index (χ1n) is 11.5. The highest BCUT2D eigenvalue weighted by atomic mass is 35.5. The summed E-state index contributed by atoms with van der Waals surface area (Å²) >= 11 is 8.12. The van der Waals surface area contributed by atoms with Crippen LogP contribution in [0, 0.1) is 0 Å². The zero-order valence-electron chi connectivity index (χ0n) is 20.0. The Hall–Kier alpha value is -2.62. The van der Waals surface area contributed by atoms with Crippen LogP contribution in [0.3, 0.4) is 0 Å². The molecule has 1 saturated carbocycles. The lowest BCUT2D eigenvalue weighted by atomic mass is 10.2. The number of aromatic amines is 1. The lowest BCUT2D eigenvalue weighted by Crippen LogP contribution is -2.36. The van der Waals surface area contributed by atoms with Crippen molar-refractivity contribution in [1.82, 2.24) is 20.7 Å². The molecule has 1 fully saturated rings. The van der Waals surface area contributed by atoms with Gasteiger partial charge in [-0.1, -0.05) is 11.6 Å². The summed E-state index contributed by atoms with van der Waals surface area (Å²) in [5, 5.41) is 13.5. The molecule has 1 amide bonds. The Morgan fingerprint density at radius 2 is 2.09 bits per heavy atom. The normalized spacial score (nSPS) is 13.7. The predicted molar refractivity (Wildman–Crippen MR) is 136 cm³/mol. The van der Waals surface area contributed by atoms with Crippen LogP contribution in [0.1, 0.15) is 50.1 Å². The molecular formula is C24H32ClN6O2S+. The summed E-state index contributed by atoms with van der Waals surface area (Å²) in [5.41, 5.74) is 2.46. The molecule has 0 spiro atoms. The van der Waals surface area contributed by atoms with Crippen LogP contribution in [0.4, 0.5) is 16.3 Å². The largest absolute Gasteiger partial charge is 0.444 e. The lowest BCUT2D eigenvalue weighted by molar-refractivity contribution is -0.713. The van der Waals surface area contributed by atoms with Crippen molar-refractivity contribution in [3.63, 3.8) is 0 Å². The van der Waals surface area contributed by atoms with E-state index >= 15 is 0 Å². The first-order chi connectivity index (χ1) is 16.2. The molecule has 4 rings (SSSR count). The van der Waals surface area contributed by atoms with E-state index in [1.165, 1.54) is 23.4 Å². The summed E-state index contributed by atoms with van der Waals surface area (Å²) in [7, 11) is 1.99. The molecule has 0 unspecified atom stereocenters. The van der Waals surface area contributed by atoms with E-state index in [4.69, 9.17) is 16.3 Å². The summed E-state index contributed by atoms with van der Waals surface area (Å²) in [6.45, 7) is 7.40. The summed E-state index contributed by atoms with van der Waals surface area (Å²) in [4.78, 5) is 18.5. The fourth-order valence-corrected chi connectivity index (χ4v) is 4.55. The van der Waals surface area contributed by atoms with Crippen LogP contribution in [0.25, 0.3) is 10.6 Å². The number of thiophene rings is 1. The van der Waals surface area contributed by atoms with Crippen molar-refractivity contribution in [3.05, 3.63) is 46.1 Å². The third-order valence-corrected chi connectivity index (χ3v) is 6.68. The van der Waals surface area contributed by atoms with E-state index in [0.29, 0.717) is 30.6 Å². The van der Waals surface area contributed by atoms with Crippen LogP contribution in [0.2, 0.25) is 5.02 Å². The molecule has 0 aromatic carbocycles. The predicted octanol–water partition coefficient (Wildman–Crippen LogP) is 4.85. The fourth-order valence-electron chi connectivity index (χ4n) is 3.45. The molecule has 1 aliphatic carbocycles. The van der Waals surface area contributed by atoms with E-state index < -0.39 is 11.7 Å². The molecule has 0 saturated heterocycles. The van der Waals surface area contributed by atoms with Gasteiger partial charge in [0.05, 0.1) is 28.5 Å². The molecule has 4 N–H and O–H groups in total. The van der Waals surface area contributed by atoms with E-state index in [9.17, 15) is 4.79 Å². The first-order valence-corrected chi connectivity index (χ1v) is 12.7. The average Bonchev–Trinajstić information content (AvgIpc) is 3.39. The van der Waals surface area contributed by atoms with E-state index in [0.717, 1.165) is 22.1 Å². The molecule has 0 bridgehead atoms. The number of H-pyrrole nitrogens is 1. The lowest BCUT2D eigenvalue weighted by Gasteiger charge is -2.19. The van der Waals surface area contributed by atoms with Gasteiger partial charge in [0.25, 0.3) is 5.82 Å². The summed E-state index contributed by atoms with van der Waals surface area (Å²) < 4.78 is 7.21. The number of carbonyl (C=O) groups is 1. The van der Waals surface area contributed by atoms with E-state index in [1.54, 1.807) is 17.5 Å². The van der Waals surface area contributed by atoms with Crippen molar-refractivity contribution in [2.45, 2.75) is 51.7 Å². The maximum absolute atomic E-state index is 11.7. The van der Waals surface area contributed by atoms with Gasteiger partial charge in [0.15, 0.2) is 0 Å². The number of ether oxygens (including phenoxy) is 1. The molecule has 8 nitrogen and oxygen atoms in total. The monoisotopic (exact) mass is 503 g/mol. The summed E-state index contributed by atoms with van der Waals surface area (Å²) in [5.74, 6) is 1.62. The second-order valence-corrected chi connectivity index (χ2v) is 11.1. The highest BCUT2D eigenvalue weighted by Gasteiger charge is 2.28. The van der Waals surface area contributed by atoms with Gasteiger partial charge in [-0.05, 0) is 45.7 Å². The minimum atomic E-state index is -0.491. The number of alkyl carbamates (subject to hydrolysis) is 1. The van der Waals surface area contributed by atoms with Gasteiger partial charge in [-0.3, -0.25) is 4.98 Å². The number of nitrogens with one attached hydrogen (secondary N) is 4. The van der Waals surface area contributed by atoms with Crippen molar-refractivity contribution >= 4 is 40.5 Å². The second kappa shape index (κ2) is 10.3. The summed E-state index contributed by atoms with van der Waals surface area (Å²) in [6.07, 6.45) is 3.78. The van der Waals surface area contributed by atoms with E-state index in [-0.39, 0.29) is 0 Å². The van der Waals surface area contributed by atoms with Gasteiger partial charge in [0, 0.05) is 36.5 Å². The molecule has 0 atom stereocenters. The van der Waals surface area contributed by atoms with Crippen molar-refractivity contribution in [1.29, 1.82) is 0 Å². The van der Waals surface area contributed by atoms with Crippen LogP contribution in [0.15, 0.2) is 30.5 Å². The Morgan fingerprint density at radius 3 is 2.82 bits per heavy atom. The third kappa shape index (κ3) is 6.71. The number of anilines is 2. The highest BCUT2D eigenvalue weighted by Crippen LogP contribution is 2.39. The van der Waals surface area contributed by atoms with Crippen LogP contribution >= 0.6 is 22.9 Å². The fraction of sp³-hybridized carbons (Fsp3) is 0.458. The quantitative estimate of drug-likeness (QED) is 0.247. The van der Waals surface area contributed by atoms with Crippen molar-refractivity contribution in [2.24, 2.45) is 7.05 Å². The third-order valence-electron chi connectivity index (χ3n) is 5.27. The molecule has 1 aliphatic rings. The zero-order chi connectivity index (χ0) is 24.3. The maximum Gasteiger partial charge on any atom is 0.407 e. The Morgan fingerprint density at radius 1 is 1.29 bits per heavy atom. The van der Waals surface area contributed by atoms with Gasteiger partial charge in [0.1, 0.15) is 23.4 Å². The molecule has 3 aromatic heterocycles. The van der Waals surface area contributed by atoms with Crippen molar-refractivity contribution < 1.29 is 14.2 Å². The SMILES string of the molecule is C[n+]1[nH]c(C2CC2)cc1Nc1cc(-c2ccc(CNCCNC(=O)OC(C)(C)C)s2)ncc1Cl. The number of halogens is 1. The minimum Gasteiger partial charge on any atom is -0.444 e. The first kappa shape index (κ1) is 24.5. The highest BCUT2D eigenvalue weighted by molar-refractivity contribution is 7.15. The number of hydrogen-bond donors (Lipinski definition) is 4. The standard InChI is InChI=1S/C24H31ClN6O2S/c1-24(2,3)33-23(32)27-10-9-26-13-16-7-8-21(34-16)20-11-19(17(25)14-28-20)29-22-12-18(15-5-6-15)30-31(22)4/h7-8,11-12,14-15,26H,5-6,9-10,13H2,1-4H3,(H2,27,28,29,30,32)/p+1. The molecule has 0 radical (unpaired) electrons. The van der Waals surface area contributed by atoms with Gasteiger partial charge >= 0.3 is 6.09 Å². The Kier molecular flexibility index (Phi) is 7.45. The van der Waals surface area contributed by atoms with Crippen LogP contribution < -0.4 is 20.6 Å². The number of nitrogens with zero attached hydrogens (tertiary/aromatic N) is 2. The van der Waals surface area contributed by atoms with E-state index in [1.807, 2.05) is 38.6 Å². The van der Waals surface area contributed by atoms with Gasteiger partial charge in [-0.25, -0.2) is 15.2 Å².